The van der Waals surface area contributed by atoms with E-state index < -0.39 is 0 Å². The van der Waals surface area contributed by atoms with E-state index >= 15 is 0 Å². The molecule has 0 radical (unpaired) electrons. The fourth-order valence-corrected chi connectivity index (χ4v) is 1.43. The predicted molar refractivity (Wildman–Crippen MR) is 49.8 cm³/mol. The van der Waals surface area contributed by atoms with E-state index in [0.717, 1.165) is 12.0 Å². The van der Waals surface area contributed by atoms with Crippen LogP contribution < -0.4 is 4.74 Å². The lowest BCUT2D eigenvalue weighted by atomic mass is 10.1. The summed E-state index contributed by atoms with van der Waals surface area (Å²) in [6.07, 6.45) is 1.37. The minimum absolute atomic E-state index is 0.237. The van der Waals surface area contributed by atoms with Gasteiger partial charge in [0.05, 0.1) is 0 Å². The van der Waals surface area contributed by atoms with Crippen LogP contribution in [0.3, 0.4) is 0 Å². The zero-order chi connectivity index (χ0) is 9.97. The maximum absolute atomic E-state index is 12.8. The van der Waals surface area contributed by atoms with Gasteiger partial charge in [-0.15, -0.1) is 0 Å². The topological polar surface area (TPSA) is 30.8 Å². The van der Waals surface area contributed by atoms with Gasteiger partial charge < -0.3 is 9.57 Å². The number of hydrogen-bond donors (Lipinski definition) is 0. The maximum Gasteiger partial charge on any atom is 0.231 e. The van der Waals surface area contributed by atoms with Crippen molar-refractivity contribution >= 4 is 5.90 Å². The van der Waals surface area contributed by atoms with Gasteiger partial charge in [-0.1, -0.05) is 5.16 Å². The summed E-state index contributed by atoms with van der Waals surface area (Å²) >= 11 is 0. The minimum atomic E-state index is -0.237. The van der Waals surface area contributed by atoms with Crippen LogP contribution in [-0.2, 0) is 11.3 Å². The largest absolute Gasteiger partial charge is 0.439 e. The lowest BCUT2D eigenvalue weighted by Gasteiger charge is -2.17. The predicted octanol–water partition coefficient (Wildman–Crippen LogP) is 2.11. The molecule has 1 aliphatic rings. The van der Waals surface area contributed by atoms with E-state index in [1.54, 1.807) is 6.07 Å². The molecular weight excluding hydrogens is 185 g/mol. The summed E-state index contributed by atoms with van der Waals surface area (Å²) < 4.78 is 18.2. The van der Waals surface area contributed by atoms with Crippen molar-refractivity contribution in [2.45, 2.75) is 12.8 Å². The molecule has 3 nitrogen and oxygen atoms in total. The van der Waals surface area contributed by atoms with Crippen molar-refractivity contribution in [1.29, 1.82) is 0 Å². The second-order valence-corrected chi connectivity index (χ2v) is 3.02. The van der Waals surface area contributed by atoms with Gasteiger partial charge in [-0.25, -0.2) is 4.39 Å². The van der Waals surface area contributed by atoms with Gasteiger partial charge in [0.2, 0.25) is 5.90 Å². The summed E-state index contributed by atoms with van der Waals surface area (Å²) in [4.78, 5) is 4.61. The highest BCUT2D eigenvalue weighted by Gasteiger charge is 2.16. The van der Waals surface area contributed by atoms with Crippen molar-refractivity contribution in [3.05, 3.63) is 29.6 Å². The highest BCUT2D eigenvalue weighted by Crippen LogP contribution is 2.26. The van der Waals surface area contributed by atoms with Crippen LogP contribution in [-0.4, -0.2) is 13.0 Å². The Kier molecular flexibility index (Phi) is 2.35. The lowest BCUT2D eigenvalue weighted by molar-refractivity contribution is 0.203. The van der Waals surface area contributed by atoms with Crippen LogP contribution in [0.4, 0.5) is 4.39 Å². The number of hydrogen-bond acceptors (Lipinski definition) is 3. The average Bonchev–Trinajstić information content (AvgIpc) is 2.19. The van der Waals surface area contributed by atoms with E-state index in [4.69, 9.17) is 4.74 Å². The summed E-state index contributed by atoms with van der Waals surface area (Å²) in [5.41, 5.74) is 0.875. The molecule has 1 aliphatic heterocycles. The zero-order valence-electron chi connectivity index (χ0n) is 7.79. The molecule has 2 rings (SSSR count). The number of fused-ring (bicyclic) bond motifs is 1. The van der Waals surface area contributed by atoms with Crippen LogP contribution >= 0.6 is 0 Å². The second-order valence-electron chi connectivity index (χ2n) is 3.02. The fourth-order valence-electron chi connectivity index (χ4n) is 1.43. The average molecular weight is 195 g/mol. The Morgan fingerprint density at radius 1 is 1.43 bits per heavy atom. The van der Waals surface area contributed by atoms with Crippen molar-refractivity contribution in [3.8, 4) is 5.75 Å². The highest BCUT2D eigenvalue weighted by molar-refractivity contribution is 5.80. The summed E-state index contributed by atoms with van der Waals surface area (Å²) in [6, 6.07) is 4.46. The third-order valence-electron chi connectivity index (χ3n) is 2.05. The molecule has 1 heterocycles. The first-order valence-electron chi connectivity index (χ1n) is 4.36. The Morgan fingerprint density at radius 3 is 3.07 bits per heavy atom. The summed E-state index contributed by atoms with van der Waals surface area (Å²) in [5.74, 6) is 0.958. The molecular formula is C10H10FNO2. The number of ether oxygens (including phenoxy) is 1. The van der Waals surface area contributed by atoms with E-state index in [1.165, 1.54) is 19.2 Å². The molecule has 0 N–H and O–H groups in total. The van der Waals surface area contributed by atoms with Crippen LogP contribution in [0, 0.1) is 5.82 Å². The smallest absolute Gasteiger partial charge is 0.231 e. The van der Waals surface area contributed by atoms with Gasteiger partial charge in [0.15, 0.2) is 0 Å². The monoisotopic (exact) mass is 195 g/mol. The van der Waals surface area contributed by atoms with Gasteiger partial charge in [0.25, 0.3) is 0 Å². The van der Waals surface area contributed by atoms with Crippen LogP contribution in [0.25, 0.3) is 0 Å². The van der Waals surface area contributed by atoms with Crippen molar-refractivity contribution in [1.82, 2.24) is 0 Å². The molecule has 4 heteroatoms. The van der Waals surface area contributed by atoms with Gasteiger partial charge in [0, 0.05) is 6.42 Å². The Hall–Kier alpha value is -1.58. The Balaban J connectivity index is 2.27. The molecule has 14 heavy (non-hydrogen) atoms. The number of benzene rings is 1. The van der Waals surface area contributed by atoms with E-state index in [9.17, 15) is 4.39 Å². The normalized spacial score (nSPS) is 17.4. The van der Waals surface area contributed by atoms with E-state index in [2.05, 4.69) is 9.99 Å². The Labute approximate surface area is 81.1 Å². The first kappa shape index (κ1) is 8.99. The number of nitrogens with zero attached hydrogens (tertiary/aromatic N) is 1. The first-order chi connectivity index (χ1) is 6.79. The molecule has 0 atom stereocenters. The third-order valence-corrected chi connectivity index (χ3v) is 2.05. The van der Waals surface area contributed by atoms with Crippen molar-refractivity contribution in [2.24, 2.45) is 5.16 Å². The molecule has 0 aromatic heterocycles. The SMILES string of the molecule is CON=C1CCc2cc(F)ccc2O1. The molecule has 0 saturated heterocycles. The van der Waals surface area contributed by atoms with Gasteiger partial charge >= 0.3 is 0 Å². The molecule has 0 aliphatic carbocycles. The highest BCUT2D eigenvalue weighted by atomic mass is 19.1. The van der Waals surface area contributed by atoms with Gasteiger partial charge in [0.1, 0.15) is 18.7 Å². The lowest BCUT2D eigenvalue weighted by Crippen LogP contribution is -2.16. The maximum atomic E-state index is 12.8. The standard InChI is InChI=1S/C10H10FNO2/c1-13-12-10-5-2-7-6-8(11)3-4-9(7)14-10/h3-4,6H,2,5H2,1H3. The van der Waals surface area contributed by atoms with Crippen LogP contribution in [0.5, 0.6) is 5.75 Å². The quantitative estimate of drug-likeness (QED) is 0.642. The summed E-state index contributed by atoms with van der Waals surface area (Å²) in [5, 5.41) is 3.71. The molecule has 1 aromatic rings. The third kappa shape index (κ3) is 1.69. The molecule has 0 amide bonds. The Morgan fingerprint density at radius 2 is 2.29 bits per heavy atom. The molecule has 0 bridgehead atoms. The Bertz CT molecular complexity index is 376. The van der Waals surface area contributed by atoms with Crippen LogP contribution in [0.15, 0.2) is 23.4 Å². The van der Waals surface area contributed by atoms with Crippen LogP contribution in [0.1, 0.15) is 12.0 Å². The number of rotatable bonds is 1. The zero-order valence-corrected chi connectivity index (χ0v) is 7.79. The van der Waals surface area contributed by atoms with E-state index in [0.29, 0.717) is 18.1 Å². The molecule has 0 fully saturated rings. The van der Waals surface area contributed by atoms with Crippen molar-refractivity contribution in [3.63, 3.8) is 0 Å². The van der Waals surface area contributed by atoms with Crippen molar-refractivity contribution < 1.29 is 14.0 Å². The van der Waals surface area contributed by atoms with Gasteiger partial charge in [-0.05, 0) is 30.2 Å². The van der Waals surface area contributed by atoms with E-state index in [1.807, 2.05) is 0 Å². The van der Waals surface area contributed by atoms with E-state index in [-0.39, 0.29) is 5.82 Å². The van der Waals surface area contributed by atoms with Crippen LogP contribution in [0.2, 0.25) is 0 Å². The van der Waals surface area contributed by atoms with Gasteiger partial charge in [-0.3, -0.25) is 0 Å². The molecule has 0 unspecified atom stereocenters. The van der Waals surface area contributed by atoms with Gasteiger partial charge in [-0.2, -0.15) is 0 Å². The summed E-state index contributed by atoms with van der Waals surface area (Å²) in [7, 11) is 1.47. The number of halogens is 1. The van der Waals surface area contributed by atoms with Crippen molar-refractivity contribution in [2.75, 3.05) is 7.11 Å². The number of aryl methyl sites for hydroxylation is 1. The molecule has 0 spiro atoms. The molecule has 0 saturated carbocycles. The number of oxime groups is 1. The minimum Gasteiger partial charge on any atom is -0.439 e. The molecule has 1 aromatic carbocycles. The molecule has 74 valence electrons. The second kappa shape index (κ2) is 3.65. The fraction of sp³-hybridized carbons (Fsp3) is 0.300. The first-order valence-corrected chi connectivity index (χ1v) is 4.36. The summed E-state index contributed by atoms with van der Waals surface area (Å²) in [6.45, 7) is 0.